The highest BCUT2D eigenvalue weighted by molar-refractivity contribution is 5.45. The number of nitrogens with two attached hydrogens (primary N) is 1. The molecule has 1 atom stereocenters. The first-order valence-corrected chi connectivity index (χ1v) is 6.59. The Morgan fingerprint density at radius 2 is 2.26 bits per heavy atom. The van der Waals surface area contributed by atoms with E-state index in [1.165, 1.54) is 0 Å². The van der Waals surface area contributed by atoms with Crippen molar-refractivity contribution in [1.82, 2.24) is 9.97 Å². The summed E-state index contributed by atoms with van der Waals surface area (Å²) in [6.45, 7) is 4.18. The third-order valence-corrected chi connectivity index (χ3v) is 2.75. The minimum absolute atomic E-state index is 0.218. The molecule has 0 aliphatic carbocycles. The van der Waals surface area contributed by atoms with Crippen LogP contribution in [0.2, 0.25) is 0 Å². The molecule has 0 radical (unpaired) electrons. The maximum atomic E-state index is 5.79. The molecule has 0 aromatic carbocycles. The van der Waals surface area contributed by atoms with Crippen LogP contribution >= 0.6 is 0 Å². The van der Waals surface area contributed by atoms with Crippen molar-refractivity contribution in [2.45, 2.75) is 39.2 Å². The van der Waals surface area contributed by atoms with E-state index in [2.05, 4.69) is 29.1 Å². The molecule has 0 saturated carbocycles. The van der Waals surface area contributed by atoms with Crippen molar-refractivity contribution in [1.29, 1.82) is 0 Å². The summed E-state index contributed by atoms with van der Waals surface area (Å²) in [5.41, 5.74) is 5.79. The minimum atomic E-state index is 0.218. The summed E-state index contributed by atoms with van der Waals surface area (Å²) in [5, 5.41) is 3.33. The Morgan fingerprint density at radius 3 is 2.95 bits per heavy atom. The van der Waals surface area contributed by atoms with Gasteiger partial charge >= 0.3 is 0 Å². The molecule has 5 nitrogen and oxygen atoms in total. The van der Waals surface area contributed by atoms with Crippen molar-refractivity contribution in [3.05, 3.63) is 36.0 Å². The highest BCUT2D eigenvalue weighted by atomic mass is 16.3. The topological polar surface area (TPSA) is 77.0 Å². The van der Waals surface area contributed by atoms with E-state index in [-0.39, 0.29) is 6.04 Å². The molecule has 5 heteroatoms. The van der Waals surface area contributed by atoms with Crippen LogP contribution in [-0.2, 0) is 12.8 Å². The smallest absolute Gasteiger partial charge is 0.133 e. The van der Waals surface area contributed by atoms with Gasteiger partial charge in [-0.05, 0) is 25.5 Å². The van der Waals surface area contributed by atoms with Gasteiger partial charge in [-0.15, -0.1) is 0 Å². The number of nitrogens with one attached hydrogen (secondary N) is 1. The molecule has 1 unspecified atom stereocenters. The molecule has 3 N–H and O–H groups in total. The van der Waals surface area contributed by atoms with E-state index in [9.17, 15) is 0 Å². The number of nitrogens with zero attached hydrogens (tertiary/aromatic N) is 2. The second-order valence-electron chi connectivity index (χ2n) is 4.67. The Bertz CT molecular complexity index is 510. The molecule has 2 rings (SSSR count). The molecule has 0 saturated heterocycles. The lowest BCUT2D eigenvalue weighted by molar-refractivity contribution is 0.497. The van der Waals surface area contributed by atoms with Crippen LogP contribution < -0.4 is 11.1 Å². The summed E-state index contributed by atoms with van der Waals surface area (Å²) in [6.07, 6.45) is 4.33. The fraction of sp³-hybridized carbons (Fsp3) is 0.429. The number of aryl methyl sites for hydroxylation is 1. The summed E-state index contributed by atoms with van der Waals surface area (Å²) in [7, 11) is 0. The van der Waals surface area contributed by atoms with Crippen molar-refractivity contribution >= 4 is 11.6 Å². The van der Waals surface area contributed by atoms with E-state index in [0.717, 1.165) is 36.7 Å². The number of hydrogen-bond donors (Lipinski definition) is 2. The van der Waals surface area contributed by atoms with Crippen molar-refractivity contribution in [2.24, 2.45) is 0 Å². The number of furan rings is 1. The van der Waals surface area contributed by atoms with Crippen LogP contribution in [0.15, 0.2) is 28.9 Å². The van der Waals surface area contributed by atoms with Crippen LogP contribution in [-0.4, -0.2) is 16.0 Å². The van der Waals surface area contributed by atoms with Crippen LogP contribution in [0.1, 0.15) is 31.9 Å². The van der Waals surface area contributed by atoms with Gasteiger partial charge in [0, 0.05) is 24.9 Å². The van der Waals surface area contributed by atoms with E-state index in [0.29, 0.717) is 5.82 Å². The largest absolute Gasteiger partial charge is 0.469 e. The Hall–Kier alpha value is -2.04. The normalized spacial score (nSPS) is 12.3. The number of anilines is 2. The van der Waals surface area contributed by atoms with Gasteiger partial charge in [-0.2, -0.15) is 0 Å². The van der Waals surface area contributed by atoms with E-state index in [4.69, 9.17) is 10.2 Å². The van der Waals surface area contributed by atoms with Gasteiger partial charge in [-0.1, -0.05) is 6.92 Å². The van der Waals surface area contributed by atoms with Crippen LogP contribution in [0.5, 0.6) is 0 Å². The van der Waals surface area contributed by atoms with Crippen LogP contribution in [0.3, 0.4) is 0 Å². The Labute approximate surface area is 113 Å². The molecule has 0 aliphatic rings. The predicted molar refractivity (Wildman–Crippen MR) is 75.9 cm³/mol. The van der Waals surface area contributed by atoms with Crippen molar-refractivity contribution in [3.8, 4) is 0 Å². The fourth-order valence-electron chi connectivity index (χ4n) is 1.96. The Balaban J connectivity index is 2.01. The molecule has 0 fully saturated rings. The Kier molecular flexibility index (Phi) is 4.39. The van der Waals surface area contributed by atoms with Crippen LogP contribution in [0.4, 0.5) is 11.6 Å². The van der Waals surface area contributed by atoms with E-state index >= 15 is 0 Å². The molecular formula is C14H20N4O. The summed E-state index contributed by atoms with van der Waals surface area (Å²) in [6, 6.07) is 5.84. The van der Waals surface area contributed by atoms with E-state index < -0.39 is 0 Å². The SMILES string of the molecule is CCCc1nc(N)cc(NC(C)Cc2ccco2)n1. The van der Waals surface area contributed by atoms with Gasteiger partial charge in [0.15, 0.2) is 0 Å². The average molecular weight is 260 g/mol. The highest BCUT2D eigenvalue weighted by Gasteiger charge is 2.08. The quantitative estimate of drug-likeness (QED) is 0.835. The summed E-state index contributed by atoms with van der Waals surface area (Å²) >= 11 is 0. The zero-order chi connectivity index (χ0) is 13.7. The van der Waals surface area contributed by atoms with Gasteiger partial charge in [0.1, 0.15) is 23.2 Å². The van der Waals surface area contributed by atoms with Crippen LogP contribution in [0.25, 0.3) is 0 Å². The highest BCUT2D eigenvalue weighted by Crippen LogP contribution is 2.13. The molecule has 0 bridgehead atoms. The Morgan fingerprint density at radius 1 is 1.42 bits per heavy atom. The maximum Gasteiger partial charge on any atom is 0.133 e. The molecule has 2 aromatic rings. The molecular weight excluding hydrogens is 240 g/mol. The second-order valence-corrected chi connectivity index (χ2v) is 4.67. The predicted octanol–water partition coefficient (Wildman–Crippen LogP) is 2.65. The van der Waals surface area contributed by atoms with Gasteiger partial charge in [-0.25, -0.2) is 9.97 Å². The van der Waals surface area contributed by atoms with Crippen molar-refractivity contribution in [3.63, 3.8) is 0 Å². The molecule has 0 amide bonds. The van der Waals surface area contributed by atoms with Gasteiger partial charge in [-0.3, -0.25) is 0 Å². The standard InChI is InChI=1S/C14H20N4O/c1-3-5-13-17-12(15)9-14(18-13)16-10(2)8-11-6-4-7-19-11/h4,6-7,9-10H,3,5,8H2,1-2H3,(H3,15,16,17,18). The molecule has 0 spiro atoms. The number of rotatable bonds is 6. The summed E-state index contributed by atoms with van der Waals surface area (Å²) in [5.74, 6) is 3.02. The van der Waals surface area contributed by atoms with Crippen molar-refractivity contribution < 1.29 is 4.42 Å². The molecule has 2 aromatic heterocycles. The van der Waals surface area contributed by atoms with E-state index in [1.807, 2.05) is 12.1 Å². The number of aromatic nitrogens is 2. The van der Waals surface area contributed by atoms with Gasteiger partial charge in [0.05, 0.1) is 6.26 Å². The first kappa shape index (κ1) is 13.4. The zero-order valence-corrected chi connectivity index (χ0v) is 11.4. The molecule has 0 aliphatic heterocycles. The second kappa shape index (κ2) is 6.22. The monoisotopic (exact) mass is 260 g/mol. The maximum absolute atomic E-state index is 5.79. The van der Waals surface area contributed by atoms with Gasteiger partial charge in [0.25, 0.3) is 0 Å². The third kappa shape index (κ3) is 3.98. The first-order chi connectivity index (χ1) is 9.17. The summed E-state index contributed by atoms with van der Waals surface area (Å²) in [4.78, 5) is 8.67. The van der Waals surface area contributed by atoms with Gasteiger partial charge in [0.2, 0.25) is 0 Å². The first-order valence-electron chi connectivity index (χ1n) is 6.59. The van der Waals surface area contributed by atoms with Gasteiger partial charge < -0.3 is 15.5 Å². The lowest BCUT2D eigenvalue weighted by Crippen LogP contribution is -2.19. The number of hydrogen-bond acceptors (Lipinski definition) is 5. The average Bonchev–Trinajstić information content (AvgIpc) is 2.81. The lowest BCUT2D eigenvalue weighted by atomic mass is 10.2. The lowest BCUT2D eigenvalue weighted by Gasteiger charge is -2.14. The fourth-order valence-corrected chi connectivity index (χ4v) is 1.96. The summed E-state index contributed by atoms with van der Waals surface area (Å²) < 4.78 is 5.33. The molecule has 19 heavy (non-hydrogen) atoms. The van der Waals surface area contributed by atoms with E-state index in [1.54, 1.807) is 12.3 Å². The van der Waals surface area contributed by atoms with Crippen molar-refractivity contribution in [2.75, 3.05) is 11.1 Å². The van der Waals surface area contributed by atoms with Crippen LogP contribution in [0, 0.1) is 0 Å². The minimum Gasteiger partial charge on any atom is -0.469 e. The number of nitrogen functional groups attached to an aromatic ring is 1. The molecule has 2 heterocycles. The molecule has 102 valence electrons. The third-order valence-electron chi connectivity index (χ3n) is 2.75. The zero-order valence-electron chi connectivity index (χ0n) is 11.4.